The van der Waals surface area contributed by atoms with E-state index in [4.69, 9.17) is 16.6 Å². The van der Waals surface area contributed by atoms with Crippen LogP contribution in [0.1, 0.15) is 16.7 Å². The molecule has 3 aromatic carbocycles. The van der Waals surface area contributed by atoms with Gasteiger partial charge in [-0.1, -0.05) is 65.7 Å². The van der Waals surface area contributed by atoms with Gasteiger partial charge in [-0.15, -0.1) is 0 Å². The molecule has 1 heterocycles. The molecule has 0 atom stereocenters. The Morgan fingerprint density at radius 3 is 2.39 bits per heavy atom. The van der Waals surface area contributed by atoms with Gasteiger partial charge in [-0.2, -0.15) is 0 Å². The maximum atomic E-state index is 6.07. The number of benzene rings is 3. The first kappa shape index (κ1) is 14.2. The monoisotopic (exact) mass is 317 g/mol. The van der Waals surface area contributed by atoms with Crippen molar-refractivity contribution in [2.45, 2.75) is 13.3 Å². The maximum Gasteiger partial charge on any atom is 0.0669 e. The molecule has 0 amide bonds. The second-order valence-electron chi connectivity index (χ2n) is 5.96. The van der Waals surface area contributed by atoms with Crippen LogP contribution in [0.15, 0.2) is 71.7 Å². The lowest BCUT2D eigenvalue weighted by molar-refractivity contribution is 1.34. The highest BCUT2D eigenvalue weighted by molar-refractivity contribution is 6.30. The minimum absolute atomic E-state index is 0.762. The van der Waals surface area contributed by atoms with Crippen molar-refractivity contribution >= 4 is 23.0 Å². The van der Waals surface area contributed by atoms with Gasteiger partial charge in [0.05, 0.1) is 11.4 Å². The summed E-state index contributed by atoms with van der Waals surface area (Å²) < 4.78 is 0. The smallest absolute Gasteiger partial charge is 0.0669 e. The van der Waals surface area contributed by atoms with Crippen molar-refractivity contribution in [1.29, 1.82) is 0 Å². The number of nitrogens with zero attached hydrogens (tertiary/aromatic N) is 1. The summed E-state index contributed by atoms with van der Waals surface area (Å²) in [6, 6.07) is 23.0. The van der Waals surface area contributed by atoms with Crippen LogP contribution in [-0.2, 0) is 6.42 Å². The molecule has 0 radical (unpaired) electrons. The molecule has 0 saturated carbocycles. The normalized spacial score (nSPS) is 12.9. The van der Waals surface area contributed by atoms with E-state index in [9.17, 15) is 0 Å². The molecule has 1 nitrogen and oxygen atoms in total. The van der Waals surface area contributed by atoms with Crippen molar-refractivity contribution in [3.05, 3.63) is 88.4 Å². The Kier molecular flexibility index (Phi) is 3.51. The zero-order valence-corrected chi connectivity index (χ0v) is 13.6. The number of fused-ring (bicyclic) bond motifs is 1. The quantitative estimate of drug-likeness (QED) is 0.550. The standard InChI is InChI=1S/C21H16ClN/c1-14-5-10-20-18(11-14)13-21(23-20)16-8-6-15(7-9-16)17-3-2-4-19(22)12-17/h2-12H,13H2,1H3. The van der Waals surface area contributed by atoms with Crippen molar-refractivity contribution in [3.63, 3.8) is 0 Å². The summed E-state index contributed by atoms with van der Waals surface area (Å²) in [5.41, 5.74) is 8.34. The van der Waals surface area contributed by atoms with Crippen LogP contribution in [0.3, 0.4) is 0 Å². The molecular formula is C21H16ClN. The number of halogens is 1. The van der Waals surface area contributed by atoms with E-state index in [2.05, 4.69) is 55.5 Å². The molecule has 23 heavy (non-hydrogen) atoms. The van der Waals surface area contributed by atoms with Crippen LogP contribution in [0.2, 0.25) is 5.02 Å². The first-order chi connectivity index (χ1) is 11.2. The minimum atomic E-state index is 0.762. The highest BCUT2D eigenvalue weighted by Crippen LogP contribution is 2.30. The van der Waals surface area contributed by atoms with Crippen molar-refractivity contribution in [1.82, 2.24) is 0 Å². The summed E-state index contributed by atoms with van der Waals surface area (Å²) >= 11 is 6.07. The van der Waals surface area contributed by atoms with Crippen molar-refractivity contribution < 1.29 is 0 Å². The average Bonchev–Trinajstić information content (AvgIpc) is 2.98. The molecule has 0 bridgehead atoms. The van der Waals surface area contributed by atoms with Gasteiger partial charge < -0.3 is 0 Å². The van der Waals surface area contributed by atoms with E-state index in [1.165, 1.54) is 22.3 Å². The summed E-state index contributed by atoms with van der Waals surface area (Å²) in [5, 5.41) is 0.762. The Hall–Kier alpha value is -2.38. The summed E-state index contributed by atoms with van der Waals surface area (Å²) in [6.07, 6.45) is 0.910. The molecule has 1 aliphatic heterocycles. The van der Waals surface area contributed by atoms with E-state index < -0.39 is 0 Å². The zero-order chi connectivity index (χ0) is 15.8. The van der Waals surface area contributed by atoms with Gasteiger partial charge >= 0.3 is 0 Å². The predicted octanol–water partition coefficient (Wildman–Crippen LogP) is 5.99. The zero-order valence-electron chi connectivity index (χ0n) is 12.9. The van der Waals surface area contributed by atoms with Crippen LogP contribution in [-0.4, -0.2) is 5.71 Å². The van der Waals surface area contributed by atoms with E-state index in [-0.39, 0.29) is 0 Å². The number of hydrogen-bond acceptors (Lipinski definition) is 1. The topological polar surface area (TPSA) is 12.4 Å². The third-order valence-electron chi connectivity index (χ3n) is 4.22. The molecule has 0 N–H and O–H groups in total. The third-order valence-corrected chi connectivity index (χ3v) is 4.46. The number of aliphatic imine (C=N–C) groups is 1. The molecule has 1 aliphatic rings. The van der Waals surface area contributed by atoms with Crippen LogP contribution < -0.4 is 0 Å². The van der Waals surface area contributed by atoms with Gasteiger partial charge in [0.25, 0.3) is 0 Å². The Morgan fingerprint density at radius 2 is 1.61 bits per heavy atom. The van der Waals surface area contributed by atoms with Crippen molar-refractivity contribution in [3.8, 4) is 11.1 Å². The second-order valence-corrected chi connectivity index (χ2v) is 6.39. The molecule has 0 aliphatic carbocycles. The molecule has 2 heteroatoms. The summed E-state index contributed by atoms with van der Waals surface area (Å²) in [7, 11) is 0. The summed E-state index contributed by atoms with van der Waals surface area (Å²) in [4.78, 5) is 4.78. The van der Waals surface area contributed by atoms with Gasteiger partial charge in [0, 0.05) is 11.4 Å². The average molecular weight is 318 g/mol. The van der Waals surface area contributed by atoms with Gasteiger partial charge in [-0.3, -0.25) is 4.99 Å². The highest BCUT2D eigenvalue weighted by atomic mass is 35.5. The van der Waals surface area contributed by atoms with Crippen LogP contribution >= 0.6 is 11.6 Å². The fraction of sp³-hybridized carbons (Fsp3) is 0.0952. The molecule has 0 saturated heterocycles. The van der Waals surface area contributed by atoms with Gasteiger partial charge in [0.1, 0.15) is 0 Å². The third kappa shape index (κ3) is 2.80. The van der Waals surface area contributed by atoms with E-state index in [0.29, 0.717) is 0 Å². The first-order valence-electron chi connectivity index (χ1n) is 7.72. The molecule has 0 aromatic heterocycles. The van der Waals surface area contributed by atoms with Gasteiger partial charge in [-0.25, -0.2) is 0 Å². The Balaban J connectivity index is 1.63. The lowest BCUT2D eigenvalue weighted by Crippen LogP contribution is -2.00. The Morgan fingerprint density at radius 1 is 0.826 bits per heavy atom. The lowest BCUT2D eigenvalue weighted by Gasteiger charge is -2.05. The minimum Gasteiger partial charge on any atom is -0.252 e. The van der Waals surface area contributed by atoms with Crippen LogP contribution in [0.5, 0.6) is 0 Å². The van der Waals surface area contributed by atoms with Crippen molar-refractivity contribution in [2.75, 3.05) is 0 Å². The Labute approximate surface area is 141 Å². The van der Waals surface area contributed by atoms with Crippen molar-refractivity contribution in [2.24, 2.45) is 4.99 Å². The summed E-state index contributed by atoms with van der Waals surface area (Å²) in [5.74, 6) is 0. The van der Waals surface area contributed by atoms with E-state index in [0.717, 1.165) is 28.4 Å². The molecule has 112 valence electrons. The first-order valence-corrected chi connectivity index (χ1v) is 8.10. The van der Waals surface area contributed by atoms with Crippen LogP contribution in [0.25, 0.3) is 11.1 Å². The molecule has 0 unspecified atom stereocenters. The molecule has 0 spiro atoms. The van der Waals surface area contributed by atoms with Crippen LogP contribution in [0, 0.1) is 6.92 Å². The van der Waals surface area contributed by atoms with Crippen LogP contribution in [0.4, 0.5) is 5.69 Å². The largest absolute Gasteiger partial charge is 0.252 e. The molecular weight excluding hydrogens is 302 g/mol. The van der Waals surface area contributed by atoms with E-state index in [1.54, 1.807) is 0 Å². The number of aryl methyl sites for hydroxylation is 1. The van der Waals surface area contributed by atoms with E-state index >= 15 is 0 Å². The molecule has 3 aromatic rings. The predicted molar refractivity (Wildman–Crippen MR) is 98.0 cm³/mol. The van der Waals surface area contributed by atoms with Gasteiger partial charge in [0.2, 0.25) is 0 Å². The van der Waals surface area contributed by atoms with Gasteiger partial charge in [0.15, 0.2) is 0 Å². The summed E-state index contributed by atoms with van der Waals surface area (Å²) in [6.45, 7) is 2.12. The maximum absolute atomic E-state index is 6.07. The second kappa shape index (κ2) is 5.68. The molecule has 0 fully saturated rings. The lowest BCUT2D eigenvalue weighted by atomic mass is 9.99. The fourth-order valence-electron chi connectivity index (χ4n) is 3.02. The SMILES string of the molecule is Cc1ccc2c(c1)CC(c1ccc(-c3cccc(Cl)c3)cc1)=N2. The number of hydrogen-bond donors (Lipinski definition) is 0. The Bertz CT molecular complexity index is 907. The molecule has 4 rings (SSSR count). The highest BCUT2D eigenvalue weighted by Gasteiger charge is 2.15. The van der Waals surface area contributed by atoms with E-state index in [1.807, 2.05) is 18.2 Å². The number of rotatable bonds is 2. The fourth-order valence-corrected chi connectivity index (χ4v) is 3.21. The van der Waals surface area contributed by atoms with Gasteiger partial charge in [-0.05, 0) is 47.4 Å².